The minimum atomic E-state index is -0.970. The molecule has 0 saturated carbocycles. The highest BCUT2D eigenvalue weighted by molar-refractivity contribution is 6.03. The summed E-state index contributed by atoms with van der Waals surface area (Å²) < 4.78 is 6.94. The Morgan fingerprint density at radius 2 is 2.00 bits per heavy atom. The van der Waals surface area contributed by atoms with Crippen LogP contribution in [0.2, 0.25) is 0 Å². The van der Waals surface area contributed by atoms with Crippen molar-refractivity contribution in [2.75, 3.05) is 5.32 Å². The van der Waals surface area contributed by atoms with E-state index < -0.39 is 18.0 Å². The molecule has 0 fully saturated rings. The van der Waals surface area contributed by atoms with Gasteiger partial charge in [-0.2, -0.15) is 10.2 Å². The number of hydrogen-bond donors (Lipinski definition) is 2. The highest BCUT2D eigenvalue weighted by atomic mass is 16.5. The Morgan fingerprint density at radius 3 is 2.68 bits per heavy atom. The number of hydrogen-bond acceptors (Lipinski definition) is 5. The van der Waals surface area contributed by atoms with Crippen molar-refractivity contribution >= 4 is 28.5 Å². The number of anilines is 1. The number of benzene rings is 1. The number of aromatic amines is 1. The van der Waals surface area contributed by atoms with Crippen LogP contribution >= 0.6 is 0 Å². The molecule has 0 saturated heterocycles. The van der Waals surface area contributed by atoms with Crippen LogP contribution < -0.4 is 5.32 Å². The van der Waals surface area contributed by atoms with Crippen LogP contribution in [-0.2, 0) is 16.6 Å². The summed E-state index contributed by atoms with van der Waals surface area (Å²) in [5, 5.41) is 14.4. The minimum Gasteiger partial charge on any atom is -0.448 e. The van der Waals surface area contributed by atoms with Crippen LogP contribution in [0.1, 0.15) is 28.8 Å². The van der Waals surface area contributed by atoms with E-state index >= 15 is 0 Å². The SMILES string of the molecule is Cc1nn(C)c(C)c1NC(=O)C(C)OC(=O)c1n[nH]c2ccccc12. The van der Waals surface area contributed by atoms with Crippen molar-refractivity contribution in [1.82, 2.24) is 20.0 Å². The van der Waals surface area contributed by atoms with Crippen LogP contribution in [0.3, 0.4) is 0 Å². The number of aryl methyl sites for hydroxylation is 2. The Labute approximate surface area is 144 Å². The maximum Gasteiger partial charge on any atom is 0.360 e. The van der Waals surface area contributed by atoms with Gasteiger partial charge in [0.05, 0.1) is 22.6 Å². The van der Waals surface area contributed by atoms with Crippen molar-refractivity contribution in [1.29, 1.82) is 0 Å². The van der Waals surface area contributed by atoms with Crippen LogP contribution in [0.5, 0.6) is 0 Å². The molecule has 2 heterocycles. The Hall–Kier alpha value is -3.16. The summed E-state index contributed by atoms with van der Waals surface area (Å²) in [5.74, 6) is -1.08. The smallest absolute Gasteiger partial charge is 0.360 e. The van der Waals surface area contributed by atoms with Crippen molar-refractivity contribution in [2.24, 2.45) is 7.05 Å². The highest BCUT2D eigenvalue weighted by Crippen LogP contribution is 2.20. The van der Waals surface area contributed by atoms with E-state index in [0.717, 1.165) is 11.2 Å². The second-order valence-corrected chi connectivity index (χ2v) is 5.82. The van der Waals surface area contributed by atoms with Gasteiger partial charge in [-0.3, -0.25) is 14.6 Å². The molecular weight excluding hydrogens is 322 g/mol. The number of nitrogens with zero attached hydrogens (tertiary/aromatic N) is 3. The number of ether oxygens (including phenoxy) is 1. The van der Waals surface area contributed by atoms with Gasteiger partial charge in [0.25, 0.3) is 5.91 Å². The van der Waals surface area contributed by atoms with Crippen LogP contribution in [0.25, 0.3) is 10.9 Å². The lowest BCUT2D eigenvalue weighted by molar-refractivity contribution is -0.123. The summed E-state index contributed by atoms with van der Waals surface area (Å²) in [6.45, 7) is 5.17. The number of H-pyrrole nitrogens is 1. The van der Waals surface area contributed by atoms with Crippen LogP contribution in [0, 0.1) is 13.8 Å². The van der Waals surface area contributed by atoms with E-state index in [1.165, 1.54) is 6.92 Å². The third-order valence-electron chi connectivity index (χ3n) is 4.07. The summed E-state index contributed by atoms with van der Waals surface area (Å²) in [4.78, 5) is 24.7. The normalized spacial score (nSPS) is 12.2. The molecule has 1 aromatic carbocycles. The molecule has 3 aromatic rings. The molecule has 8 nitrogen and oxygen atoms in total. The Bertz CT molecular complexity index is 957. The number of para-hydroxylation sites is 1. The number of fused-ring (bicyclic) bond motifs is 1. The molecule has 8 heteroatoms. The Kier molecular flexibility index (Phi) is 4.26. The fourth-order valence-electron chi connectivity index (χ4n) is 2.57. The second-order valence-electron chi connectivity index (χ2n) is 5.82. The molecule has 1 amide bonds. The number of nitrogens with one attached hydrogen (secondary N) is 2. The quantitative estimate of drug-likeness (QED) is 0.708. The van der Waals surface area contributed by atoms with Gasteiger partial charge in [0, 0.05) is 12.4 Å². The van der Waals surface area contributed by atoms with Crippen molar-refractivity contribution in [3.8, 4) is 0 Å². The van der Waals surface area contributed by atoms with Gasteiger partial charge in [-0.25, -0.2) is 4.79 Å². The molecule has 1 atom stereocenters. The standard InChI is InChI=1S/C17H19N5O3/c1-9-14(10(2)22(4)21-9)18-16(23)11(3)25-17(24)15-12-7-5-6-8-13(12)19-20-15/h5-8,11H,1-4H3,(H,18,23)(H,19,20). The monoisotopic (exact) mass is 341 g/mol. The summed E-state index contributed by atoms with van der Waals surface area (Å²) in [7, 11) is 1.80. The van der Waals surface area contributed by atoms with Gasteiger partial charge in [-0.1, -0.05) is 18.2 Å². The molecule has 0 aliphatic carbocycles. The van der Waals surface area contributed by atoms with Crippen LogP contribution in [-0.4, -0.2) is 38.0 Å². The molecule has 0 aliphatic heterocycles. The zero-order valence-electron chi connectivity index (χ0n) is 14.5. The summed E-state index contributed by atoms with van der Waals surface area (Å²) in [6, 6.07) is 7.22. The number of carbonyl (C=O) groups is 2. The lowest BCUT2D eigenvalue weighted by Gasteiger charge is -2.13. The molecule has 2 aromatic heterocycles. The van der Waals surface area contributed by atoms with Crippen molar-refractivity contribution in [3.05, 3.63) is 41.3 Å². The van der Waals surface area contributed by atoms with Gasteiger partial charge in [0.2, 0.25) is 0 Å². The first-order valence-electron chi connectivity index (χ1n) is 7.83. The molecule has 130 valence electrons. The molecule has 25 heavy (non-hydrogen) atoms. The molecule has 0 spiro atoms. The molecule has 1 unspecified atom stereocenters. The van der Waals surface area contributed by atoms with E-state index in [-0.39, 0.29) is 5.69 Å². The average molecular weight is 341 g/mol. The van der Waals surface area contributed by atoms with Gasteiger partial charge >= 0.3 is 5.97 Å². The van der Waals surface area contributed by atoms with Gasteiger partial charge in [-0.15, -0.1) is 0 Å². The fraction of sp³-hybridized carbons (Fsp3) is 0.294. The summed E-state index contributed by atoms with van der Waals surface area (Å²) in [5.41, 5.74) is 3.03. The predicted molar refractivity (Wildman–Crippen MR) is 92.3 cm³/mol. The highest BCUT2D eigenvalue weighted by Gasteiger charge is 2.23. The Morgan fingerprint density at radius 1 is 1.28 bits per heavy atom. The zero-order valence-corrected chi connectivity index (χ0v) is 14.5. The Balaban J connectivity index is 1.72. The number of amides is 1. The third kappa shape index (κ3) is 3.10. The van der Waals surface area contributed by atoms with Gasteiger partial charge in [0.15, 0.2) is 11.8 Å². The van der Waals surface area contributed by atoms with Gasteiger partial charge in [-0.05, 0) is 26.8 Å². The van der Waals surface area contributed by atoms with Crippen molar-refractivity contribution in [3.63, 3.8) is 0 Å². The van der Waals surface area contributed by atoms with Crippen LogP contribution in [0.4, 0.5) is 5.69 Å². The van der Waals surface area contributed by atoms with Gasteiger partial charge < -0.3 is 10.1 Å². The summed E-state index contributed by atoms with van der Waals surface area (Å²) >= 11 is 0. The van der Waals surface area contributed by atoms with E-state index in [1.807, 2.05) is 19.1 Å². The average Bonchev–Trinajstić information content (AvgIpc) is 3.11. The van der Waals surface area contributed by atoms with E-state index in [4.69, 9.17) is 4.74 Å². The molecule has 0 aliphatic rings. The molecule has 3 rings (SSSR count). The zero-order chi connectivity index (χ0) is 18.1. The van der Waals surface area contributed by atoms with Crippen molar-refractivity contribution < 1.29 is 14.3 Å². The number of rotatable bonds is 4. The molecule has 0 bridgehead atoms. The largest absolute Gasteiger partial charge is 0.448 e. The molecular formula is C17H19N5O3. The first-order valence-corrected chi connectivity index (χ1v) is 7.83. The molecule has 2 N–H and O–H groups in total. The topological polar surface area (TPSA) is 102 Å². The van der Waals surface area contributed by atoms with E-state index in [2.05, 4.69) is 20.6 Å². The number of esters is 1. The fourth-order valence-corrected chi connectivity index (χ4v) is 2.57. The first-order chi connectivity index (χ1) is 11.9. The maximum atomic E-state index is 12.3. The lowest BCUT2D eigenvalue weighted by atomic mass is 10.2. The van der Waals surface area contributed by atoms with Crippen LogP contribution in [0.15, 0.2) is 24.3 Å². The van der Waals surface area contributed by atoms with E-state index in [9.17, 15) is 9.59 Å². The van der Waals surface area contributed by atoms with Gasteiger partial charge in [0.1, 0.15) is 0 Å². The second kappa shape index (κ2) is 6.39. The number of carbonyl (C=O) groups excluding carboxylic acids is 2. The number of aromatic nitrogens is 4. The molecule has 0 radical (unpaired) electrons. The predicted octanol–water partition coefficient (Wildman–Crippen LogP) is 2.10. The van der Waals surface area contributed by atoms with Crippen molar-refractivity contribution in [2.45, 2.75) is 26.9 Å². The maximum absolute atomic E-state index is 12.3. The third-order valence-corrected chi connectivity index (χ3v) is 4.07. The summed E-state index contributed by atoms with van der Waals surface area (Å²) in [6.07, 6.45) is -0.970. The van der Waals surface area contributed by atoms with E-state index in [1.54, 1.807) is 30.8 Å². The first kappa shape index (κ1) is 16.7. The minimum absolute atomic E-state index is 0.156. The van der Waals surface area contributed by atoms with E-state index in [0.29, 0.717) is 16.8 Å². The lowest BCUT2D eigenvalue weighted by Crippen LogP contribution is -2.30.